The summed E-state index contributed by atoms with van der Waals surface area (Å²) < 4.78 is 40.5. The van der Waals surface area contributed by atoms with Crippen molar-refractivity contribution < 1.29 is 17.6 Å². The van der Waals surface area contributed by atoms with Gasteiger partial charge in [0.25, 0.3) is 0 Å². The fourth-order valence-corrected chi connectivity index (χ4v) is 5.46. The number of amides is 1. The number of piperidine rings is 1. The molecule has 4 rings (SSSR count). The highest BCUT2D eigenvalue weighted by molar-refractivity contribution is 7.92. The predicted molar refractivity (Wildman–Crippen MR) is 117 cm³/mol. The number of hydrogen-bond acceptors (Lipinski definition) is 5. The summed E-state index contributed by atoms with van der Waals surface area (Å²) in [5, 5.41) is 4.41. The van der Waals surface area contributed by atoms with Crippen molar-refractivity contribution in [3.8, 4) is 0 Å². The highest BCUT2D eigenvalue weighted by Crippen LogP contribution is 2.28. The molecule has 0 unspecified atom stereocenters. The lowest BCUT2D eigenvalue weighted by molar-refractivity contribution is -0.120. The fraction of sp³-hybridized carbons (Fsp3) is 0.238. The van der Waals surface area contributed by atoms with Crippen molar-refractivity contribution in [2.24, 2.45) is 5.92 Å². The zero-order chi connectivity index (χ0) is 21.1. The quantitative estimate of drug-likeness (QED) is 0.642. The number of nitrogens with one attached hydrogen (secondary N) is 1. The minimum Gasteiger partial charge on any atom is -0.302 e. The van der Waals surface area contributed by atoms with Gasteiger partial charge in [0, 0.05) is 24.4 Å². The number of rotatable bonds is 5. The van der Waals surface area contributed by atoms with Gasteiger partial charge in [0.15, 0.2) is 5.13 Å². The van der Waals surface area contributed by atoms with E-state index in [0.717, 1.165) is 5.56 Å². The minimum atomic E-state index is -3.54. The van der Waals surface area contributed by atoms with E-state index in [-0.39, 0.29) is 30.7 Å². The van der Waals surface area contributed by atoms with E-state index in [1.54, 1.807) is 12.1 Å². The largest absolute Gasteiger partial charge is 0.302 e. The number of hydrogen-bond donors (Lipinski definition) is 1. The standard InChI is InChI=1S/C21H20FN3O3S2/c22-17-6-7-18-19(14-17)29-21(23-18)24-20(26)16-8-11-25(12-9-16)30(27,28)13-10-15-4-2-1-3-5-15/h1-7,10,13-14,16H,8-9,11-12H2,(H,23,24,26)/b13-10+. The third-order valence-corrected chi connectivity index (χ3v) is 7.50. The van der Waals surface area contributed by atoms with Gasteiger partial charge < -0.3 is 5.32 Å². The van der Waals surface area contributed by atoms with Crippen LogP contribution in [0.3, 0.4) is 0 Å². The van der Waals surface area contributed by atoms with Crippen molar-refractivity contribution >= 4 is 48.7 Å². The first-order valence-corrected chi connectivity index (χ1v) is 11.8. The summed E-state index contributed by atoms with van der Waals surface area (Å²) >= 11 is 1.21. The average Bonchev–Trinajstić information content (AvgIpc) is 3.14. The first kappa shape index (κ1) is 20.6. The normalized spacial score (nSPS) is 16.3. The van der Waals surface area contributed by atoms with E-state index in [2.05, 4.69) is 10.3 Å². The molecule has 6 nitrogen and oxygen atoms in total. The fourth-order valence-electron chi connectivity index (χ4n) is 3.35. The molecule has 0 radical (unpaired) electrons. The van der Waals surface area contributed by atoms with Crippen molar-refractivity contribution in [2.75, 3.05) is 18.4 Å². The van der Waals surface area contributed by atoms with Crippen molar-refractivity contribution in [3.05, 3.63) is 65.3 Å². The molecule has 0 spiro atoms. The molecule has 1 aliphatic heterocycles. The minimum absolute atomic E-state index is 0.189. The van der Waals surface area contributed by atoms with Crippen molar-refractivity contribution in [1.82, 2.24) is 9.29 Å². The molecular formula is C21H20FN3O3S2. The van der Waals surface area contributed by atoms with E-state index in [1.807, 2.05) is 30.3 Å². The van der Waals surface area contributed by atoms with Crippen LogP contribution in [0.4, 0.5) is 9.52 Å². The zero-order valence-electron chi connectivity index (χ0n) is 16.0. The van der Waals surface area contributed by atoms with Crippen molar-refractivity contribution in [1.29, 1.82) is 0 Å². The molecule has 1 fully saturated rings. The van der Waals surface area contributed by atoms with Crippen LogP contribution in [0.5, 0.6) is 0 Å². The predicted octanol–water partition coefficient (Wildman–Crippen LogP) is 4.09. The van der Waals surface area contributed by atoms with Crippen molar-refractivity contribution in [2.45, 2.75) is 12.8 Å². The van der Waals surface area contributed by atoms with Crippen LogP contribution in [0.25, 0.3) is 16.3 Å². The van der Waals surface area contributed by atoms with Crippen LogP contribution in [0.1, 0.15) is 18.4 Å². The number of thiazole rings is 1. The topological polar surface area (TPSA) is 79.4 Å². The summed E-state index contributed by atoms with van der Waals surface area (Å²) in [6.45, 7) is 0.565. The number of fused-ring (bicyclic) bond motifs is 1. The number of benzene rings is 2. The lowest BCUT2D eigenvalue weighted by Gasteiger charge is -2.29. The van der Waals surface area contributed by atoms with Gasteiger partial charge in [-0.05, 0) is 42.7 Å². The maximum absolute atomic E-state index is 13.3. The Labute approximate surface area is 178 Å². The number of carbonyl (C=O) groups is 1. The molecule has 0 saturated carbocycles. The Morgan fingerprint density at radius 3 is 2.63 bits per heavy atom. The van der Waals surface area contributed by atoms with E-state index in [9.17, 15) is 17.6 Å². The highest BCUT2D eigenvalue weighted by atomic mass is 32.2. The molecule has 1 aromatic heterocycles. The molecule has 30 heavy (non-hydrogen) atoms. The Hall–Kier alpha value is -2.62. The summed E-state index contributed by atoms with van der Waals surface area (Å²) in [6, 6.07) is 13.5. The third kappa shape index (κ3) is 4.75. The van der Waals surface area contributed by atoms with E-state index in [4.69, 9.17) is 0 Å². The molecule has 1 amide bonds. The summed E-state index contributed by atoms with van der Waals surface area (Å²) in [7, 11) is -3.54. The smallest absolute Gasteiger partial charge is 0.236 e. The molecule has 1 N–H and O–H groups in total. The zero-order valence-corrected chi connectivity index (χ0v) is 17.6. The van der Waals surface area contributed by atoms with Crippen molar-refractivity contribution in [3.63, 3.8) is 0 Å². The highest BCUT2D eigenvalue weighted by Gasteiger charge is 2.30. The maximum Gasteiger partial charge on any atom is 0.236 e. The monoisotopic (exact) mass is 445 g/mol. The second-order valence-electron chi connectivity index (χ2n) is 7.05. The number of aromatic nitrogens is 1. The maximum atomic E-state index is 13.3. The molecule has 3 aromatic rings. The number of halogens is 1. The molecule has 2 aromatic carbocycles. The average molecular weight is 446 g/mol. The summed E-state index contributed by atoms with van der Waals surface area (Å²) in [6.07, 6.45) is 2.44. The number of anilines is 1. The van der Waals surface area contributed by atoms with Gasteiger partial charge in [-0.3, -0.25) is 4.79 Å². The van der Waals surface area contributed by atoms with Gasteiger partial charge in [-0.25, -0.2) is 17.8 Å². The third-order valence-electron chi connectivity index (χ3n) is 5.00. The Balaban J connectivity index is 1.35. The van der Waals surface area contributed by atoms with E-state index in [1.165, 1.54) is 33.2 Å². The molecular weight excluding hydrogens is 425 g/mol. The van der Waals surface area contributed by atoms with Gasteiger partial charge in [0.1, 0.15) is 5.82 Å². The molecule has 2 heterocycles. The lowest BCUT2D eigenvalue weighted by atomic mass is 9.97. The van der Waals surface area contributed by atoms with Crippen LogP contribution in [-0.4, -0.2) is 36.7 Å². The molecule has 0 bridgehead atoms. The van der Waals surface area contributed by atoms with E-state index in [0.29, 0.717) is 28.2 Å². The summed E-state index contributed by atoms with van der Waals surface area (Å²) in [4.78, 5) is 16.9. The van der Waals surface area contributed by atoms with Gasteiger partial charge in [-0.2, -0.15) is 4.31 Å². The van der Waals surface area contributed by atoms with Gasteiger partial charge in [-0.1, -0.05) is 41.7 Å². The number of sulfonamides is 1. The van der Waals surface area contributed by atoms with Gasteiger partial charge in [0.05, 0.1) is 10.2 Å². The van der Waals surface area contributed by atoms with Crippen LogP contribution in [0.15, 0.2) is 53.9 Å². The molecule has 9 heteroatoms. The summed E-state index contributed by atoms with van der Waals surface area (Å²) in [5.74, 6) is -0.830. The van der Waals surface area contributed by atoms with Gasteiger partial charge >= 0.3 is 0 Å². The van der Waals surface area contributed by atoms with Crippen LogP contribution >= 0.6 is 11.3 Å². The van der Waals surface area contributed by atoms with Crippen LogP contribution in [-0.2, 0) is 14.8 Å². The first-order valence-electron chi connectivity index (χ1n) is 9.51. The molecule has 0 atom stereocenters. The second kappa shape index (κ2) is 8.63. The molecule has 1 saturated heterocycles. The number of nitrogens with zero attached hydrogens (tertiary/aromatic N) is 2. The molecule has 1 aliphatic rings. The van der Waals surface area contributed by atoms with E-state index >= 15 is 0 Å². The Kier molecular flexibility index (Phi) is 5.94. The van der Waals surface area contributed by atoms with Crippen LogP contribution in [0, 0.1) is 11.7 Å². The first-order chi connectivity index (χ1) is 14.4. The Bertz CT molecular complexity index is 1180. The Morgan fingerprint density at radius 2 is 1.90 bits per heavy atom. The van der Waals surface area contributed by atoms with Gasteiger partial charge in [0.2, 0.25) is 15.9 Å². The molecule has 156 valence electrons. The second-order valence-corrected chi connectivity index (χ2v) is 9.90. The summed E-state index contributed by atoms with van der Waals surface area (Å²) in [5.41, 5.74) is 1.44. The lowest BCUT2D eigenvalue weighted by Crippen LogP contribution is -2.40. The van der Waals surface area contributed by atoms with Crippen LogP contribution in [0.2, 0.25) is 0 Å². The molecule has 0 aliphatic carbocycles. The number of carbonyl (C=O) groups excluding carboxylic acids is 1. The Morgan fingerprint density at radius 1 is 1.17 bits per heavy atom. The SMILES string of the molecule is O=C(Nc1nc2ccc(F)cc2s1)C1CCN(S(=O)(=O)/C=C/c2ccccc2)CC1. The van der Waals surface area contributed by atoms with Gasteiger partial charge in [-0.15, -0.1) is 0 Å². The van der Waals surface area contributed by atoms with E-state index < -0.39 is 10.0 Å². The van der Waals surface area contributed by atoms with Crippen LogP contribution < -0.4 is 5.32 Å².